The molecule has 0 saturated heterocycles. The summed E-state index contributed by atoms with van der Waals surface area (Å²) < 4.78 is 16.9. The van der Waals surface area contributed by atoms with Gasteiger partial charge in [-0.2, -0.15) is 0 Å². The van der Waals surface area contributed by atoms with Crippen LogP contribution in [0.25, 0.3) is 11.0 Å². The van der Waals surface area contributed by atoms with E-state index in [0.717, 1.165) is 35.1 Å². The first-order chi connectivity index (χ1) is 12.0. The molecule has 2 aromatic heterocycles. The fraction of sp³-hybridized carbons (Fsp3) is 0.368. The van der Waals surface area contributed by atoms with Crippen LogP contribution in [0.3, 0.4) is 0 Å². The van der Waals surface area contributed by atoms with Crippen LogP contribution in [-0.2, 0) is 7.05 Å². The lowest BCUT2D eigenvalue weighted by atomic mass is 10.2. The third kappa shape index (κ3) is 2.71. The summed E-state index contributed by atoms with van der Waals surface area (Å²) in [4.78, 5) is 17.1. The second kappa shape index (κ2) is 6.02. The van der Waals surface area contributed by atoms with Gasteiger partial charge in [-0.1, -0.05) is 12.8 Å². The van der Waals surface area contributed by atoms with E-state index >= 15 is 0 Å². The summed E-state index contributed by atoms with van der Waals surface area (Å²) in [6, 6.07) is 6.78. The Hall–Kier alpha value is -2.63. The van der Waals surface area contributed by atoms with Crippen LogP contribution in [0, 0.1) is 12.7 Å². The number of hydrogen-bond acceptors (Lipinski definition) is 3. The lowest BCUT2D eigenvalue weighted by Gasteiger charge is -2.12. The van der Waals surface area contributed by atoms with Crippen molar-refractivity contribution in [1.82, 2.24) is 14.1 Å². The summed E-state index contributed by atoms with van der Waals surface area (Å²) in [5.74, 6) is 0.393. The summed E-state index contributed by atoms with van der Waals surface area (Å²) in [5, 5.41) is 3.24. The average molecular weight is 340 g/mol. The summed E-state index contributed by atoms with van der Waals surface area (Å²) in [7, 11) is 1.79. The average Bonchev–Trinajstić information content (AvgIpc) is 3.18. The molecule has 0 radical (unpaired) electrons. The Kier molecular flexibility index (Phi) is 3.82. The summed E-state index contributed by atoms with van der Waals surface area (Å²) in [6.45, 7) is 1.85. The summed E-state index contributed by atoms with van der Waals surface area (Å²) >= 11 is 0. The molecule has 0 aliphatic heterocycles. The zero-order valence-corrected chi connectivity index (χ0v) is 14.4. The van der Waals surface area contributed by atoms with Gasteiger partial charge in [-0.05, 0) is 43.5 Å². The van der Waals surface area contributed by atoms with Gasteiger partial charge < -0.3 is 5.32 Å². The molecular weight excluding hydrogens is 319 g/mol. The van der Waals surface area contributed by atoms with Crippen LogP contribution in [0.4, 0.5) is 15.9 Å². The minimum atomic E-state index is -0.260. The van der Waals surface area contributed by atoms with Crippen LogP contribution in [0.5, 0.6) is 0 Å². The molecule has 0 amide bonds. The third-order valence-electron chi connectivity index (χ3n) is 5.12. The van der Waals surface area contributed by atoms with Crippen molar-refractivity contribution < 1.29 is 4.39 Å². The van der Waals surface area contributed by atoms with Gasteiger partial charge in [0.2, 0.25) is 0 Å². The molecule has 5 nitrogen and oxygen atoms in total. The number of hydrogen-bond donors (Lipinski definition) is 1. The van der Waals surface area contributed by atoms with Crippen molar-refractivity contribution in [2.45, 2.75) is 38.6 Å². The number of aryl methyl sites for hydroxylation is 2. The van der Waals surface area contributed by atoms with Crippen LogP contribution < -0.4 is 11.0 Å². The van der Waals surface area contributed by atoms with E-state index in [9.17, 15) is 9.18 Å². The highest BCUT2D eigenvalue weighted by Gasteiger charge is 2.23. The van der Waals surface area contributed by atoms with Crippen molar-refractivity contribution in [3.8, 4) is 0 Å². The number of rotatable bonds is 3. The Bertz CT molecular complexity index is 999. The zero-order valence-electron chi connectivity index (χ0n) is 14.4. The lowest BCUT2D eigenvalue weighted by Crippen LogP contribution is -2.24. The number of pyridine rings is 1. The molecule has 1 fully saturated rings. The van der Waals surface area contributed by atoms with Crippen molar-refractivity contribution in [2.24, 2.45) is 7.05 Å². The van der Waals surface area contributed by atoms with Crippen LogP contribution in [0.2, 0.25) is 0 Å². The highest BCUT2D eigenvalue weighted by atomic mass is 19.1. The number of nitrogens with zero attached hydrogens (tertiary/aromatic N) is 3. The van der Waals surface area contributed by atoms with Crippen molar-refractivity contribution in [3.63, 3.8) is 0 Å². The summed E-state index contributed by atoms with van der Waals surface area (Å²) in [6.07, 6.45) is 6.14. The van der Waals surface area contributed by atoms with Gasteiger partial charge in [-0.25, -0.2) is 14.2 Å². The summed E-state index contributed by atoms with van der Waals surface area (Å²) in [5.41, 5.74) is 3.36. The van der Waals surface area contributed by atoms with Crippen LogP contribution >= 0.6 is 0 Å². The van der Waals surface area contributed by atoms with Crippen molar-refractivity contribution >= 4 is 22.5 Å². The number of benzene rings is 1. The Labute approximate surface area is 145 Å². The van der Waals surface area contributed by atoms with E-state index < -0.39 is 0 Å². The second-order valence-electron chi connectivity index (χ2n) is 6.79. The molecule has 0 bridgehead atoms. The predicted molar refractivity (Wildman–Crippen MR) is 96.9 cm³/mol. The number of aromatic nitrogens is 3. The molecule has 3 aromatic rings. The Morgan fingerprint density at radius 1 is 1.20 bits per heavy atom. The normalized spacial score (nSPS) is 15.2. The molecule has 1 N–H and O–H groups in total. The number of fused-ring (bicyclic) bond motifs is 1. The van der Waals surface area contributed by atoms with Gasteiger partial charge in [0.15, 0.2) is 0 Å². The van der Waals surface area contributed by atoms with Crippen molar-refractivity contribution in [3.05, 3.63) is 52.3 Å². The number of imidazole rings is 1. The molecule has 1 saturated carbocycles. The Morgan fingerprint density at radius 2 is 1.96 bits per heavy atom. The van der Waals surface area contributed by atoms with Crippen LogP contribution in [0.1, 0.15) is 37.3 Å². The van der Waals surface area contributed by atoms with E-state index in [4.69, 9.17) is 0 Å². The number of nitrogens with one attached hydrogen (secondary N) is 1. The molecule has 6 heteroatoms. The monoisotopic (exact) mass is 340 g/mol. The Balaban J connectivity index is 1.79. The van der Waals surface area contributed by atoms with Gasteiger partial charge in [0.1, 0.15) is 11.6 Å². The van der Waals surface area contributed by atoms with E-state index in [1.54, 1.807) is 23.9 Å². The minimum absolute atomic E-state index is 0.0128. The van der Waals surface area contributed by atoms with E-state index in [2.05, 4.69) is 10.3 Å². The Morgan fingerprint density at radius 3 is 2.68 bits per heavy atom. The smallest absolute Gasteiger partial charge is 0.329 e. The first kappa shape index (κ1) is 15.9. The fourth-order valence-corrected chi connectivity index (χ4v) is 3.75. The molecule has 0 spiro atoms. The molecule has 2 heterocycles. The number of anilines is 2. The first-order valence-electron chi connectivity index (χ1n) is 8.65. The highest BCUT2D eigenvalue weighted by Crippen LogP contribution is 2.32. The van der Waals surface area contributed by atoms with E-state index in [1.165, 1.54) is 25.0 Å². The van der Waals surface area contributed by atoms with Gasteiger partial charge >= 0.3 is 5.69 Å². The molecule has 130 valence electrons. The van der Waals surface area contributed by atoms with Gasteiger partial charge in [-0.15, -0.1) is 0 Å². The predicted octanol–water partition coefficient (Wildman–Crippen LogP) is 4.04. The van der Waals surface area contributed by atoms with E-state index in [0.29, 0.717) is 5.82 Å². The SMILES string of the molecule is Cc1cc(F)ccc1Nc1cc2c(cn1)n(C)c(=O)n2C1CCCC1. The molecule has 0 atom stereocenters. The highest BCUT2D eigenvalue weighted by molar-refractivity contribution is 5.79. The zero-order chi connectivity index (χ0) is 17.6. The van der Waals surface area contributed by atoms with Gasteiger partial charge in [0.25, 0.3) is 0 Å². The quantitative estimate of drug-likeness (QED) is 0.783. The number of halogens is 1. The maximum absolute atomic E-state index is 13.3. The van der Waals surface area contributed by atoms with E-state index in [-0.39, 0.29) is 17.5 Å². The lowest BCUT2D eigenvalue weighted by molar-refractivity contribution is 0.509. The molecule has 25 heavy (non-hydrogen) atoms. The van der Waals surface area contributed by atoms with Gasteiger partial charge in [0.05, 0.1) is 17.2 Å². The molecule has 1 aromatic carbocycles. The topological polar surface area (TPSA) is 51.9 Å². The van der Waals surface area contributed by atoms with Crippen molar-refractivity contribution in [2.75, 3.05) is 5.32 Å². The molecule has 4 rings (SSSR count). The standard InChI is InChI=1S/C19H21FN4O/c1-12-9-13(20)7-8-15(12)22-18-10-16-17(11-21-18)23(2)19(25)24(16)14-5-3-4-6-14/h7-11,14H,3-6H2,1-2H3,(H,21,22). The van der Waals surface area contributed by atoms with Crippen LogP contribution in [-0.4, -0.2) is 14.1 Å². The molecule has 0 unspecified atom stereocenters. The maximum Gasteiger partial charge on any atom is 0.329 e. The first-order valence-corrected chi connectivity index (χ1v) is 8.65. The van der Waals surface area contributed by atoms with Gasteiger partial charge in [0, 0.05) is 24.8 Å². The van der Waals surface area contributed by atoms with Crippen molar-refractivity contribution in [1.29, 1.82) is 0 Å². The largest absolute Gasteiger partial charge is 0.340 e. The third-order valence-corrected chi connectivity index (χ3v) is 5.12. The maximum atomic E-state index is 13.3. The van der Waals surface area contributed by atoms with Crippen LogP contribution in [0.15, 0.2) is 35.3 Å². The molecular formula is C19H21FN4O. The molecule has 1 aliphatic carbocycles. The fourth-order valence-electron chi connectivity index (χ4n) is 3.75. The van der Waals surface area contributed by atoms with Gasteiger partial charge in [-0.3, -0.25) is 9.13 Å². The minimum Gasteiger partial charge on any atom is -0.340 e. The second-order valence-corrected chi connectivity index (χ2v) is 6.79. The molecule has 1 aliphatic rings. The van der Waals surface area contributed by atoms with E-state index in [1.807, 2.05) is 17.6 Å².